The molecule has 5 nitrogen and oxygen atoms in total. The predicted octanol–water partition coefficient (Wildman–Crippen LogP) is 2.45. The molecular formula is C19H27N3O2. The lowest BCUT2D eigenvalue weighted by atomic mass is 10.0. The summed E-state index contributed by atoms with van der Waals surface area (Å²) in [7, 11) is 0. The van der Waals surface area contributed by atoms with Gasteiger partial charge in [0.15, 0.2) is 0 Å². The largest absolute Gasteiger partial charge is 0.387 e. The Kier molecular flexibility index (Phi) is 5.33. The Morgan fingerprint density at radius 1 is 1.04 bits per heavy atom. The molecule has 0 unspecified atom stereocenters. The van der Waals surface area contributed by atoms with Gasteiger partial charge in [0.2, 0.25) is 0 Å². The molecule has 1 N–H and O–H groups in total. The zero-order valence-electron chi connectivity index (χ0n) is 14.8. The van der Waals surface area contributed by atoms with Crippen molar-refractivity contribution in [2.75, 3.05) is 32.7 Å². The van der Waals surface area contributed by atoms with Crippen molar-refractivity contribution in [2.24, 2.45) is 0 Å². The number of piperazine rings is 1. The lowest BCUT2D eigenvalue weighted by Gasteiger charge is -2.35. The number of aromatic nitrogens is 1. The number of aryl methyl sites for hydroxylation is 3. The summed E-state index contributed by atoms with van der Waals surface area (Å²) in [6.45, 7) is 11.6. The fourth-order valence-electron chi connectivity index (χ4n) is 3.17. The van der Waals surface area contributed by atoms with Crippen LogP contribution < -0.4 is 0 Å². The van der Waals surface area contributed by atoms with Gasteiger partial charge < -0.3 is 9.63 Å². The summed E-state index contributed by atoms with van der Waals surface area (Å²) in [5, 5.41) is 14.6. The van der Waals surface area contributed by atoms with E-state index in [1.807, 2.05) is 19.1 Å². The Morgan fingerprint density at radius 3 is 2.38 bits per heavy atom. The standard InChI is InChI=1S/C19H27N3O2/c1-14-4-5-17(10-15(14)2)19(23)13-22-8-6-21(7-9-22)12-18-11-16(3)24-20-18/h4-5,10-11,19,23H,6-9,12-13H2,1-3H3/t19-/m1/s1. The lowest BCUT2D eigenvalue weighted by molar-refractivity contribution is 0.0693. The van der Waals surface area contributed by atoms with E-state index < -0.39 is 6.10 Å². The highest BCUT2D eigenvalue weighted by Crippen LogP contribution is 2.19. The maximum Gasteiger partial charge on any atom is 0.133 e. The number of benzene rings is 1. The van der Waals surface area contributed by atoms with E-state index in [0.717, 1.165) is 49.7 Å². The monoisotopic (exact) mass is 329 g/mol. The summed E-state index contributed by atoms with van der Waals surface area (Å²) in [6, 6.07) is 8.22. The molecule has 0 bridgehead atoms. The van der Waals surface area contributed by atoms with Crippen LogP contribution in [0.1, 0.15) is 34.2 Å². The number of hydrogen-bond donors (Lipinski definition) is 1. The third-order valence-electron chi connectivity index (χ3n) is 4.87. The Bertz CT molecular complexity index is 675. The smallest absolute Gasteiger partial charge is 0.133 e. The molecule has 1 aliphatic heterocycles. The van der Waals surface area contributed by atoms with Gasteiger partial charge in [0.05, 0.1) is 11.8 Å². The third-order valence-corrected chi connectivity index (χ3v) is 4.87. The van der Waals surface area contributed by atoms with Gasteiger partial charge in [-0.3, -0.25) is 9.80 Å². The molecule has 3 rings (SSSR count). The van der Waals surface area contributed by atoms with Crippen LogP contribution in [-0.2, 0) is 6.54 Å². The number of aliphatic hydroxyl groups excluding tert-OH is 1. The van der Waals surface area contributed by atoms with Gasteiger partial charge >= 0.3 is 0 Å². The van der Waals surface area contributed by atoms with Crippen molar-refractivity contribution in [3.05, 3.63) is 52.4 Å². The van der Waals surface area contributed by atoms with Crippen molar-refractivity contribution in [1.29, 1.82) is 0 Å². The minimum Gasteiger partial charge on any atom is -0.387 e. The van der Waals surface area contributed by atoms with Crippen LogP contribution in [0.4, 0.5) is 0 Å². The van der Waals surface area contributed by atoms with Crippen LogP contribution in [0.2, 0.25) is 0 Å². The van der Waals surface area contributed by atoms with Gasteiger partial charge in [-0.25, -0.2) is 0 Å². The average Bonchev–Trinajstić information content (AvgIpc) is 2.97. The van der Waals surface area contributed by atoms with Crippen molar-refractivity contribution in [3.8, 4) is 0 Å². The van der Waals surface area contributed by atoms with E-state index >= 15 is 0 Å². The molecule has 0 saturated carbocycles. The zero-order valence-corrected chi connectivity index (χ0v) is 14.8. The quantitative estimate of drug-likeness (QED) is 0.913. The van der Waals surface area contributed by atoms with Crippen LogP contribution in [0.25, 0.3) is 0 Å². The molecule has 130 valence electrons. The Morgan fingerprint density at radius 2 is 1.75 bits per heavy atom. The minimum absolute atomic E-state index is 0.422. The van der Waals surface area contributed by atoms with Gasteiger partial charge in [0.25, 0.3) is 0 Å². The summed E-state index contributed by atoms with van der Waals surface area (Å²) >= 11 is 0. The molecule has 2 aromatic rings. The molecular weight excluding hydrogens is 302 g/mol. The second kappa shape index (κ2) is 7.47. The summed E-state index contributed by atoms with van der Waals surface area (Å²) in [5.41, 5.74) is 4.51. The molecule has 1 atom stereocenters. The number of aliphatic hydroxyl groups is 1. The molecule has 24 heavy (non-hydrogen) atoms. The minimum atomic E-state index is -0.422. The van der Waals surface area contributed by atoms with Crippen LogP contribution >= 0.6 is 0 Å². The molecule has 5 heteroatoms. The molecule has 1 saturated heterocycles. The van der Waals surface area contributed by atoms with E-state index in [4.69, 9.17) is 4.52 Å². The first-order chi connectivity index (χ1) is 11.5. The average molecular weight is 329 g/mol. The second-order valence-electron chi connectivity index (χ2n) is 6.87. The Balaban J connectivity index is 1.48. The number of hydrogen-bond acceptors (Lipinski definition) is 5. The summed E-state index contributed by atoms with van der Waals surface area (Å²) < 4.78 is 5.13. The van der Waals surface area contributed by atoms with Gasteiger partial charge in [0, 0.05) is 45.3 Å². The topological polar surface area (TPSA) is 52.7 Å². The first kappa shape index (κ1) is 17.1. The maximum atomic E-state index is 10.5. The molecule has 2 heterocycles. The first-order valence-electron chi connectivity index (χ1n) is 8.63. The highest BCUT2D eigenvalue weighted by molar-refractivity contribution is 5.31. The summed E-state index contributed by atoms with van der Waals surface area (Å²) in [6.07, 6.45) is -0.422. The van der Waals surface area contributed by atoms with Crippen LogP contribution in [0.15, 0.2) is 28.8 Å². The second-order valence-corrected chi connectivity index (χ2v) is 6.87. The van der Waals surface area contributed by atoms with Gasteiger partial charge in [-0.2, -0.15) is 0 Å². The van der Waals surface area contributed by atoms with Gasteiger partial charge in [-0.05, 0) is 37.5 Å². The number of rotatable bonds is 5. The van der Waals surface area contributed by atoms with E-state index in [0.29, 0.717) is 6.54 Å². The van der Waals surface area contributed by atoms with Crippen molar-refractivity contribution in [1.82, 2.24) is 15.0 Å². The normalized spacial score (nSPS) is 18.0. The first-order valence-corrected chi connectivity index (χ1v) is 8.63. The molecule has 1 aliphatic rings. The van der Waals surface area contributed by atoms with Crippen LogP contribution in [-0.4, -0.2) is 52.8 Å². The highest BCUT2D eigenvalue weighted by atomic mass is 16.5. The van der Waals surface area contributed by atoms with Crippen LogP contribution in [0.3, 0.4) is 0 Å². The zero-order chi connectivity index (χ0) is 17.1. The molecule has 0 spiro atoms. The van der Waals surface area contributed by atoms with Crippen LogP contribution in [0.5, 0.6) is 0 Å². The predicted molar refractivity (Wildman–Crippen MR) is 93.8 cm³/mol. The molecule has 0 amide bonds. The highest BCUT2D eigenvalue weighted by Gasteiger charge is 2.21. The van der Waals surface area contributed by atoms with Crippen LogP contribution in [0, 0.1) is 20.8 Å². The maximum absolute atomic E-state index is 10.5. The molecule has 1 aromatic carbocycles. The van der Waals surface area contributed by atoms with Crippen molar-refractivity contribution >= 4 is 0 Å². The van der Waals surface area contributed by atoms with Gasteiger partial charge in [-0.1, -0.05) is 23.4 Å². The van der Waals surface area contributed by atoms with E-state index in [1.54, 1.807) is 0 Å². The third kappa shape index (κ3) is 4.23. The van der Waals surface area contributed by atoms with E-state index in [1.165, 1.54) is 11.1 Å². The SMILES string of the molecule is Cc1cc(CN2CCN(C[C@@H](O)c3ccc(C)c(C)c3)CC2)no1. The van der Waals surface area contributed by atoms with Gasteiger partial charge in [0.1, 0.15) is 5.76 Å². The van der Waals surface area contributed by atoms with Crippen molar-refractivity contribution in [2.45, 2.75) is 33.4 Å². The number of β-amino-alcohol motifs (C(OH)–C–C–N with tert-alkyl or cyclic N) is 1. The van der Waals surface area contributed by atoms with Crippen molar-refractivity contribution < 1.29 is 9.63 Å². The summed E-state index contributed by atoms with van der Waals surface area (Å²) in [5.74, 6) is 0.861. The Hall–Kier alpha value is -1.69. The number of nitrogens with zero attached hydrogens (tertiary/aromatic N) is 3. The Labute approximate surface area is 143 Å². The van der Waals surface area contributed by atoms with Gasteiger partial charge in [-0.15, -0.1) is 0 Å². The van der Waals surface area contributed by atoms with E-state index in [9.17, 15) is 5.11 Å². The van der Waals surface area contributed by atoms with E-state index in [2.05, 4.69) is 40.9 Å². The molecule has 0 aliphatic carbocycles. The summed E-state index contributed by atoms with van der Waals surface area (Å²) in [4.78, 5) is 4.72. The lowest BCUT2D eigenvalue weighted by Crippen LogP contribution is -2.47. The fraction of sp³-hybridized carbons (Fsp3) is 0.526. The molecule has 1 aromatic heterocycles. The fourth-order valence-corrected chi connectivity index (χ4v) is 3.17. The molecule has 0 radical (unpaired) electrons. The van der Waals surface area contributed by atoms with Crippen molar-refractivity contribution in [3.63, 3.8) is 0 Å². The van der Waals surface area contributed by atoms with E-state index in [-0.39, 0.29) is 0 Å². The molecule has 1 fully saturated rings.